The SMILES string of the molecule is CC(C)[C@@H](C)SC(=NCC1(F)CCCCC1)NC=O. The lowest BCUT2D eigenvalue weighted by molar-refractivity contribution is -0.108. The Hall–Kier alpha value is -0.580. The van der Waals surface area contributed by atoms with Gasteiger partial charge in [0.05, 0.1) is 6.54 Å². The lowest BCUT2D eigenvalue weighted by Gasteiger charge is -2.28. The predicted molar refractivity (Wildman–Crippen MR) is 80.3 cm³/mol. The summed E-state index contributed by atoms with van der Waals surface area (Å²) in [6, 6.07) is 0. The highest BCUT2D eigenvalue weighted by Crippen LogP contribution is 2.32. The highest BCUT2D eigenvalue weighted by atomic mass is 32.2. The van der Waals surface area contributed by atoms with Crippen molar-refractivity contribution in [2.45, 2.75) is 63.8 Å². The molecule has 1 N–H and O–H groups in total. The third kappa shape index (κ3) is 5.93. The molecule has 0 unspecified atom stereocenters. The zero-order valence-corrected chi connectivity index (χ0v) is 12.9. The first-order chi connectivity index (χ1) is 8.97. The second-order valence-electron chi connectivity index (χ2n) is 5.66. The number of carbonyl (C=O) groups is 1. The van der Waals surface area contributed by atoms with Gasteiger partial charge in [0.2, 0.25) is 6.41 Å². The number of halogens is 1. The van der Waals surface area contributed by atoms with Crippen LogP contribution in [0.5, 0.6) is 0 Å². The molecule has 0 aromatic carbocycles. The maximum absolute atomic E-state index is 14.4. The van der Waals surface area contributed by atoms with Crippen LogP contribution in [-0.4, -0.2) is 29.0 Å². The van der Waals surface area contributed by atoms with E-state index >= 15 is 0 Å². The fraction of sp³-hybridized carbons (Fsp3) is 0.857. The van der Waals surface area contributed by atoms with Gasteiger partial charge in [0, 0.05) is 5.25 Å². The lowest BCUT2D eigenvalue weighted by atomic mass is 9.86. The highest BCUT2D eigenvalue weighted by Gasteiger charge is 2.31. The second-order valence-corrected chi connectivity index (χ2v) is 7.03. The molecular formula is C14H25FN2OS. The van der Waals surface area contributed by atoms with Crippen LogP contribution < -0.4 is 5.32 Å². The van der Waals surface area contributed by atoms with Crippen LogP contribution in [0.1, 0.15) is 52.9 Å². The maximum atomic E-state index is 14.4. The van der Waals surface area contributed by atoms with Gasteiger partial charge in [-0.15, -0.1) is 0 Å². The van der Waals surface area contributed by atoms with E-state index in [1.165, 1.54) is 11.8 Å². The van der Waals surface area contributed by atoms with Gasteiger partial charge in [-0.2, -0.15) is 0 Å². The van der Waals surface area contributed by atoms with E-state index in [1.807, 2.05) is 0 Å². The van der Waals surface area contributed by atoms with Crippen molar-refractivity contribution in [2.24, 2.45) is 10.9 Å². The van der Waals surface area contributed by atoms with E-state index in [-0.39, 0.29) is 6.54 Å². The molecule has 0 saturated heterocycles. The topological polar surface area (TPSA) is 41.5 Å². The highest BCUT2D eigenvalue weighted by molar-refractivity contribution is 8.14. The third-order valence-corrected chi connectivity index (χ3v) is 5.06. The van der Waals surface area contributed by atoms with E-state index in [9.17, 15) is 9.18 Å². The van der Waals surface area contributed by atoms with Gasteiger partial charge in [0.1, 0.15) is 5.67 Å². The van der Waals surface area contributed by atoms with Crippen molar-refractivity contribution < 1.29 is 9.18 Å². The summed E-state index contributed by atoms with van der Waals surface area (Å²) in [5.74, 6) is 0.484. The third-order valence-electron chi connectivity index (χ3n) is 3.67. The summed E-state index contributed by atoms with van der Waals surface area (Å²) in [7, 11) is 0. The fourth-order valence-corrected chi connectivity index (χ4v) is 2.92. The summed E-state index contributed by atoms with van der Waals surface area (Å²) in [5.41, 5.74) is -1.17. The van der Waals surface area contributed by atoms with Gasteiger partial charge in [0.25, 0.3) is 0 Å². The molecule has 1 aliphatic carbocycles. The van der Waals surface area contributed by atoms with Crippen LogP contribution in [-0.2, 0) is 4.79 Å². The normalized spacial score (nSPS) is 21.2. The molecule has 1 aliphatic rings. The van der Waals surface area contributed by atoms with Crippen LogP contribution in [0.25, 0.3) is 0 Å². The van der Waals surface area contributed by atoms with Crippen molar-refractivity contribution >= 4 is 23.3 Å². The fourth-order valence-electron chi connectivity index (χ4n) is 2.04. The summed E-state index contributed by atoms with van der Waals surface area (Å²) >= 11 is 1.51. The van der Waals surface area contributed by atoms with Crippen LogP contribution in [0.15, 0.2) is 4.99 Å². The number of amidine groups is 1. The molecule has 0 aromatic rings. The Balaban J connectivity index is 2.58. The van der Waals surface area contributed by atoms with Crippen molar-refractivity contribution in [3.05, 3.63) is 0 Å². The number of amides is 1. The standard InChI is InChI=1S/C14H25FN2OS/c1-11(2)12(3)19-13(17-10-18)16-9-14(15)7-5-4-6-8-14/h10-12H,4-9H2,1-3H3,(H,16,17,18)/t12-/m1/s1. The number of aliphatic imine (C=N–C) groups is 1. The maximum Gasteiger partial charge on any atom is 0.213 e. The first-order valence-corrected chi connectivity index (χ1v) is 7.95. The molecule has 0 radical (unpaired) electrons. The average molecular weight is 288 g/mol. The molecule has 1 atom stereocenters. The van der Waals surface area contributed by atoms with Crippen molar-refractivity contribution in [3.8, 4) is 0 Å². The molecule has 0 bridgehead atoms. The molecule has 1 amide bonds. The van der Waals surface area contributed by atoms with Crippen molar-refractivity contribution in [3.63, 3.8) is 0 Å². The second kappa shape index (κ2) is 7.88. The molecular weight excluding hydrogens is 263 g/mol. The van der Waals surface area contributed by atoms with Gasteiger partial charge >= 0.3 is 0 Å². The summed E-state index contributed by atoms with van der Waals surface area (Å²) in [4.78, 5) is 14.9. The van der Waals surface area contributed by atoms with E-state index in [1.54, 1.807) is 0 Å². The molecule has 0 spiro atoms. The number of carbonyl (C=O) groups excluding carboxylic acids is 1. The van der Waals surface area contributed by atoms with Crippen LogP contribution in [0.2, 0.25) is 0 Å². The van der Waals surface area contributed by atoms with Crippen LogP contribution in [0, 0.1) is 5.92 Å². The minimum absolute atomic E-state index is 0.168. The molecule has 5 heteroatoms. The number of thioether (sulfide) groups is 1. The quantitative estimate of drug-likeness (QED) is 0.477. The van der Waals surface area contributed by atoms with E-state index in [0.29, 0.717) is 35.6 Å². The average Bonchev–Trinajstić information content (AvgIpc) is 2.37. The molecule has 0 aliphatic heterocycles. The smallest absolute Gasteiger partial charge is 0.213 e. The molecule has 1 fully saturated rings. The largest absolute Gasteiger partial charge is 0.308 e. The van der Waals surface area contributed by atoms with Crippen LogP contribution >= 0.6 is 11.8 Å². The van der Waals surface area contributed by atoms with E-state index in [0.717, 1.165) is 19.3 Å². The first kappa shape index (κ1) is 16.5. The van der Waals surface area contributed by atoms with E-state index in [4.69, 9.17) is 0 Å². The number of alkyl halides is 1. The van der Waals surface area contributed by atoms with Crippen molar-refractivity contribution in [1.82, 2.24) is 5.32 Å². The Morgan fingerprint density at radius 3 is 2.53 bits per heavy atom. The number of nitrogens with zero attached hydrogens (tertiary/aromatic N) is 1. The summed E-state index contributed by atoms with van der Waals surface area (Å²) in [6.45, 7) is 6.49. The van der Waals surface area contributed by atoms with Crippen LogP contribution in [0.3, 0.4) is 0 Å². The minimum Gasteiger partial charge on any atom is -0.308 e. The van der Waals surface area contributed by atoms with Gasteiger partial charge in [-0.1, -0.05) is 51.8 Å². The summed E-state index contributed by atoms with van der Waals surface area (Å²) < 4.78 is 14.4. The predicted octanol–water partition coefficient (Wildman–Crippen LogP) is 3.54. The molecule has 1 rings (SSSR count). The number of nitrogens with one attached hydrogen (secondary N) is 1. The molecule has 110 valence electrons. The zero-order valence-electron chi connectivity index (χ0n) is 12.1. The Kier molecular flexibility index (Phi) is 6.83. The molecule has 19 heavy (non-hydrogen) atoms. The Bertz CT molecular complexity index is 315. The summed E-state index contributed by atoms with van der Waals surface area (Å²) in [5, 5.41) is 3.47. The molecule has 0 aromatic heterocycles. The van der Waals surface area contributed by atoms with Crippen molar-refractivity contribution in [2.75, 3.05) is 6.54 Å². The van der Waals surface area contributed by atoms with Gasteiger partial charge in [0.15, 0.2) is 5.17 Å². The van der Waals surface area contributed by atoms with Crippen LogP contribution in [0.4, 0.5) is 4.39 Å². The molecule has 1 saturated carbocycles. The number of hydrogen-bond acceptors (Lipinski definition) is 3. The van der Waals surface area contributed by atoms with E-state index in [2.05, 4.69) is 31.1 Å². The Labute approximate surface area is 119 Å². The van der Waals surface area contributed by atoms with Gasteiger partial charge in [-0.3, -0.25) is 9.79 Å². The lowest BCUT2D eigenvalue weighted by Crippen LogP contribution is -2.31. The number of rotatable bonds is 5. The van der Waals surface area contributed by atoms with E-state index < -0.39 is 5.67 Å². The Morgan fingerprint density at radius 1 is 1.37 bits per heavy atom. The van der Waals surface area contributed by atoms with Gasteiger partial charge in [-0.25, -0.2) is 4.39 Å². The monoisotopic (exact) mass is 288 g/mol. The minimum atomic E-state index is -1.17. The first-order valence-electron chi connectivity index (χ1n) is 7.07. The molecule has 3 nitrogen and oxygen atoms in total. The van der Waals surface area contributed by atoms with Gasteiger partial charge in [-0.05, 0) is 18.8 Å². The Morgan fingerprint density at radius 2 is 2.00 bits per heavy atom. The summed E-state index contributed by atoms with van der Waals surface area (Å²) in [6.07, 6.45) is 4.80. The number of hydrogen-bond donors (Lipinski definition) is 1. The van der Waals surface area contributed by atoms with Gasteiger partial charge < -0.3 is 5.32 Å². The zero-order chi connectivity index (χ0) is 14.3. The molecule has 0 heterocycles. The van der Waals surface area contributed by atoms with Crippen molar-refractivity contribution in [1.29, 1.82) is 0 Å².